The van der Waals surface area contributed by atoms with Crippen molar-refractivity contribution in [3.63, 3.8) is 0 Å². The Hall–Kier alpha value is -2.00. The minimum Gasteiger partial charge on any atom is -0.496 e. The van der Waals surface area contributed by atoms with Gasteiger partial charge in [-0.15, -0.1) is 0 Å². The number of benzene rings is 2. The summed E-state index contributed by atoms with van der Waals surface area (Å²) in [6, 6.07) is 13.9. The van der Waals surface area contributed by atoms with Crippen LogP contribution in [0.1, 0.15) is 36.1 Å². The lowest BCUT2D eigenvalue weighted by molar-refractivity contribution is 0.317. The minimum absolute atomic E-state index is 0.167. The van der Waals surface area contributed by atoms with E-state index in [1.807, 2.05) is 43.3 Å². The molecule has 0 saturated carbocycles. The molecule has 2 rings (SSSR count). The van der Waals surface area contributed by atoms with Crippen molar-refractivity contribution in [1.82, 2.24) is 0 Å². The van der Waals surface area contributed by atoms with Gasteiger partial charge in [-0.1, -0.05) is 31.2 Å². The molecule has 2 N–H and O–H groups in total. The number of nitrogens with two attached hydrogens (primary N) is 1. The van der Waals surface area contributed by atoms with Gasteiger partial charge in [0, 0.05) is 0 Å². The van der Waals surface area contributed by atoms with Crippen LogP contribution in [0.2, 0.25) is 0 Å². The molecular formula is C18H23NO2. The highest BCUT2D eigenvalue weighted by molar-refractivity contribution is 5.42. The molecule has 0 heterocycles. The zero-order chi connectivity index (χ0) is 15.2. The molecule has 0 aliphatic heterocycles. The Balaban J connectivity index is 2.22. The van der Waals surface area contributed by atoms with Gasteiger partial charge < -0.3 is 15.2 Å². The van der Waals surface area contributed by atoms with Gasteiger partial charge >= 0.3 is 0 Å². The van der Waals surface area contributed by atoms with Gasteiger partial charge in [-0.05, 0) is 48.2 Å². The molecule has 0 spiro atoms. The highest BCUT2D eigenvalue weighted by Crippen LogP contribution is 2.27. The van der Waals surface area contributed by atoms with Crippen LogP contribution < -0.4 is 15.2 Å². The van der Waals surface area contributed by atoms with Crippen LogP contribution in [0.15, 0.2) is 42.5 Å². The van der Waals surface area contributed by atoms with E-state index in [1.165, 1.54) is 0 Å². The fourth-order valence-corrected chi connectivity index (χ4v) is 2.31. The summed E-state index contributed by atoms with van der Waals surface area (Å²) < 4.78 is 11.0. The van der Waals surface area contributed by atoms with E-state index in [9.17, 15) is 0 Å². The van der Waals surface area contributed by atoms with E-state index in [0.29, 0.717) is 0 Å². The molecular weight excluding hydrogens is 262 g/mol. The van der Waals surface area contributed by atoms with E-state index in [0.717, 1.165) is 41.2 Å². The first-order valence-electron chi connectivity index (χ1n) is 7.28. The second-order valence-corrected chi connectivity index (χ2v) is 5.13. The third kappa shape index (κ3) is 3.76. The van der Waals surface area contributed by atoms with Crippen LogP contribution >= 0.6 is 0 Å². The molecule has 1 unspecified atom stereocenters. The lowest BCUT2D eigenvalue weighted by atomic mass is 9.98. The van der Waals surface area contributed by atoms with Gasteiger partial charge in [0.05, 0.1) is 19.8 Å². The normalized spacial score (nSPS) is 12.0. The van der Waals surface area contributed by atoms with Gasteiger partial charge in [-0.3, -0.25) is 0 Å². The Morgan fingerprint density at radius 2 is 1.86 bits per heavy atom. The fraction of sp³-hybridized carbons (Fsp3) is 0.333. The molecule has 3 heteroatoms. The van der Waals surface area contributed by atoms with Gasteiger partial charge in [0.15, 0.2) is 0 Å². The molecule has 0 aliphatic carbocycles. The van der Waals surface area contributed by atoms with E-state index in [2.05, 4.69) is 13.0 Å². The number of rotatable bonds is 6. The maximum absolute atomic E-state index is 6.38. The highest BCUT2D eigenvalue weighted by atomic mass is 16.5. The van der Waals surface area contributed by atoms with Crippen molar-refractivity contribution >= 4 is 0 Å². The first kappa shape index (κ1) is 15.4. The monoisotopic (exact) mass is 285 g/mol. The summed E-state index contributed by atoms with van der Waals surface area (Å²) in [5.41, 5.74) is 9.58. The largest absolute Gasteiger partial charge is 0.496 e. The Morgan fingerprint density at radius 3 is 2.52 bits per heavy atom. The van der Waals surface area contributed by atoms with Crippen LogP contribution in [0.3, 0.4) is 0 Å². The van der Waals surface area contributed by atoms with E-state index in [1.54, 1.807) is 7.11 Å². The molecule has 0 amide bonds. The molecule has 2 aromatic carbocycles. The Bertz CT molecular complexity index is 596. The predicted octanol–water partition coefficient (Wildman–Crippen LogP) is 3.84. The van der Waals surface area contributed by atoms with E-state index >= 15 is 0 Å². The van der Waals surface area contributed by atoms with Crippen molar-refractivity contribution in [2.24, 2.45) is 5.73 Å². The third-order valence-electron chi connectivity index (χ3n) is 3.47. The maximum Gasteiger partial charge on any atom is 0.121 e. The molecule has 2 aromatic rings. The first-order chi connectivity index (χ1) is 10.2. The Labute approximate surface area is 126 Å². The van der Waals surface area contributed by atoms with Crippen LogP contribution in [-0.4, -0.2) is 13.7 Å². The van der Waals surface area contributed by atoms with Crippen molar-refractivity contribution in [2.75, 3.05) is 13.7 Å². The van der Waals surface area contributed by atoms with Crippen molar-refractivity contribution in [1.29, 1.82) is 0 Å². The van der Waals surface area contributed by atoms with E-state index in [4.69, 9.17) is 15.2 Å². The number of hydrogen-bond donors (Lipinski definition) is 1. The average Bonchev–Trinajstić information content (AvgIpc) is 2.52. The van der Waals surface area contributed by atoms with Crippen molar-refractivity contribution in [2.45, 2.75) is 26.3 Å². The zero-order valence-electron chi connectivity index (χ0n) is 12.9. The maximum atomic E-state index is 6.38. The molecule has 0 bridgehead atoms. The predicted molar refractivity (Wildman–Crippen MR) is 86.0 cm³/mol. The van der Waals surface area contributed by atoms with Gasteiger partial charge in [-0.25, -0.2) is 0 Å². The standard InChI is InChI=1S/C18H23NO2/c1-4-10-21-16-7-5-6-14(12-16)18(19)15-8-9-17(20-3)13(2)11-15/h5-9,11-12,18H,4,10,19H2,1-3H3. The molecule has 0 saturated heterocycles. The fourth-order valence-electron chi connectivity index (χ4n) is 2.31. The van der Waals surface area contributed by atoms with Crippen LogP contribution in [0.25, 0.3) is 0 Å². The van der Waals surface area contributed by atoms with Crippen LogP contribution in [-0.2, 0) is 0 Å². The van der Waals surface area contributed by atoms with Crippen LogP contribution in [0, 0.1) is 6.92 Å². The van der Waals surface area contributed by atoms with Crippen molar-refractivity contribution in [3.05, 3.63) is 59.2 Å². The number of methoxy groups -OCH3 is 1. The highest BCUT2D eigenvalue weighted by Gasteiger charge is 2.11. The molecule has 0 aliphatic rings. The van der Waals surface area contributed by atoms with Crippen LogP contribution in [0.5, 0.6) is 11.5 Å². The number of hydrogen-bond acceptors (Lipinski definition) is 3. The molecule has 3 nitrogen and oxygen atoms in total. The Morgan fingerprint density at radius 1 is 1.10 bits per heavy atom. The van der Waals surface area contributed by atoms with Gasteiger partial charge in [0.1, 0.15) is 11.5 Å². The van der Waals surface area contributed by atoms with E-state index < -0.39 is 0 Å². The summed E-state index contributed by atoms with van der Waals surface area (Å²) in [4.78, 5) is 0. The molecule has 1 atom stereocenters. The van der Waals surface area contributed by atoms with Gasteiger partial charge in [0.25, 0.3) is 0 Å². The van der Waals surface area contributed by atoms with Gasteiger partial charge in [0.2, 0.25) is 0 Å². The quantitative estimate of drug-likeness (QED) is 0.877. The SMILES string of the molecule is CCCOc1cccc(C(N)c2ccc(OC)c(C)c2)c1. The van der Waals surface area contributed by atoms with Gasteiger partial charge in [-0.2, -0.15) is 0 Å². The molecule has 0 fully saturated rings. The summed E-state index contributed by atoms with van der Waals surface area (Å²) in [6.45, 7) is 4.84. The Kier molecular flexibility index (Phi) is 5.23. The summed E-state index contributed by atoms with van der Waals surface area (Å²) >= 11 is 0. The first-order valence-corrected chi connectivity index (χ1v) is 7.28. The van der Waals surface area contributed by atoms with Crippen LogP contribution in [0.4, 0.5) is 0 Å². The lowest BCUT2D eigenvalue weighted by Gasteiger charge is -2.16. The molecule has 21 heavy (non-hydrogen) atoms. The summed E-state index contributed by atoms with van der Waals surface area (Å²) in [7, 11) is 1.68. The lowest BCUT2D eigenvalue weighted by Crippen LogP contribution is -2.12. The third-order valence-corrected chi connectivity index (χ3v) is 3.47. The molecule has 0 radical (unpaired) electrons. The summed E-state index contributed by atoms with van der Waals surface area (Å²) in [5.74, 6) is 1.75. The molecule has 112 valence electrons. The average molecular weight is 285 g/mol. The minimum atomic E-state index is -0.167. The number of ether oxygens (including phenoxy) is 2. The zero-order valence-corrected chi connectivity index (χ0v) is 12.9. The van der Waals surface area contributed by atoms with E-state index in [-0.39, 0.29) is 6.04 Å². The number of aryl methyl sites for hydroxylation is 1. The molecule has 0 aromatic heterocycles. The second-order valence-electron chi connectivity index (χ2n) is 5.13. The summed E-state index contributed by atoms with van der Waals surface area (Å²) in [6.07, 6.45) is 0.994. The second kappa shape index (κ2) is 7.14. The van der Waals surface area contributed by atoms with Crippen molar-refractivity contribution < 1.29 is 9.47 Å². The summed E-state index contributed by atoms with van der Waals surface area (Å²) in [5, 5.41) is 0. The van der Waals surface area contributed by atoms with Crippen molar-refractivity contribution in [3.8, 4) is 11.5 Å². The smallest absolute Gasteiger partial charge is 0.121 e. The topological polar surface area (TPSA) is 44.5 Å².